The van der Waals surface area contributed by atoms with E-state index in [4.69, 9.17) is 0 Å². The predicted molar refractivity (Wildman–Crippen MR) is 79.2 cm³/mol. The van der Waals surface area contributed by atoms with Gasteiger partial charge >= 0.3 is 0 Å². The standard InChI is InChI=1S/C14H24N2O2S/c1-12(2)16(4)19(17,18)15-13(3)10-11-14-8-6-5-7-9-14/h5-9,12-13,15H,10-11H2,1-4H3/t13-/m0/s1. The van der Waals surface area contributed by atoms with Gasteiger partial charge < -0.3 is 0 Å². The molecule has 0 unspecified atom stereocenters. The number of rotatable bonds is 7. The van der Waals surface area contributed by atoms with Gasteiger partial charge in [-0.25, -0.2) is 0 Å². The van der Waals surface area contributed by atoms with E-state index < -0.39 is 10.2 Å². The normalized spacial score (nSPS) is 14.0. The van der Waals surface area contributed by atoms with Crippen molar-refractivity contribution in [2.75, 3.05) is 7.05 Å². The molecule has 0 aromatic heterocycles. The van der Waals surface area contributed by atoms with Crippen molar-refractivity contribution in [3.8, 4) is 0 Å². The molecule has 0 bridgehead atoms. The zero-order valence-electron chi connectivity index (χ0n) is 12.1. The molecule has 0 aliphatic rings. The molecule has 5 heteroatoms. The van der Waals surface area contributed by atoms with Crippen LogP contribution in [-0.4, -0.2) is 31.9 Å². The fourth-order valence-electron chi connectivity index (χ4n) is 1.70. The molecule has 4 nitrogen and oxygen atoms in total. The van der Waals surface area contributed by atoms with Crippen molar-refractivity contribution in [1.82, 2.24) is 9.03 Å². The molecule has 0 spiro atoms. The van der Waals surface area contributed by atoms with Gasteiger partial charge in [-0.05, 0) is 39.2 Å². The summed E-state index contributed by atoms with van der Waals surface area (Å²) in [6, 6.07) is 9.97. The van der Waals surface area contributed by atoms with Gasteiger partial charge in [0.05, 0.1) is 0 Å². The molecular weight excluding hydrogens is 260 g/mol. The van der Waals surface area contributed by atoms with Gasteiger partial charge in [-0.15, -0.1) is 0 Å². The number of hydrogen-bond acceptors (Lipinski definition) is 2. The number of nitrogens with one attached hydrogen (secondary N) is 1. The molecule has 108 valence electrons. The minimum atomic E-state index is -3.38. The van der Waals surface area contributed by atoms with Crippen LogP contribution in [0.15, 0.2) is 30.3 Å². The van der Waals surface area contributed by atoms with Gasteiger partial charge in [0.15, 0.2) is 0 Å². The van der Waals surface area contributed by atoms with E-state index in [1.165, 1.54) is 9.87 Å². The first kappa shape index (κ1) is 16.1. The smallest absolute Gasteiger partial charge is 0.199 e. The molecule has 0 heterocycles. The molecule has 0 aliphatic carbocycles. The molecule has 1 aromatic rings. The van der Waals surface area contributed by atoms with E-state index in [9.17, 15) is 8.42 Å². The summed E-state index contributed by atoms with van der Waals surface area (Å²) in [7, 11) is -1.79. The molecule has 1 N–H and O–H groups in total. The van der Waals surface area contributed by atoms with Crippen molar-refractivity contribution in [1.29, 1.82) is 0 Å². The summed E-state index contributed by atoms with van der Waals surface area (Å²) in [6.07, 6.45) is 1.66. The Balaban J connectivity index is 2.49. The maximum absolute atomic E-state index is 12.0. The van der Waals surface area contributed by atoms with Crippen LogP contribution in [0.2, 0.25) is 0 Å². The van der Waals surface area contributed by atoms with Gasteiger partial charge in [0, 0.05) is 19.1 Å². The van der Waals surface area contributed by atoms with Gasteiger partial charge in [-0.3, -0.25) is 0 Å². The lowest BCUT2D eigenvalue weighted by Crippen LogP contribution is -2.45. The van der Waals surface area contributed by atoms with Crippen LogP contribution in [0.4, 0.5) is 0 Å². The average molecular weight is 284 g/mol. The van der Waals surface area contributed by atoms with Gasteiger partial charge in [0.25, 0.3) is 10.2 Å². The molecule has 0 amide bonds. The average Bonchev–Trinajstić information content (AvgIpc) is 2.36. The Morgan fingerprint density at radius 3 is 2.26 bits per heavy atom. The molecule has 1 rings (SSSR count). The van der Waals surface area contributed by atoms with Gasteiger partial charge in [-0.1, -0.05) is 30.3 Å². The Morgan fingerprint density at radius 2 is 1.74 bits per heavy atom. The molecule has 1 aromatic carbocycles. The predicted octanol–water partition coefficient (Wildman–Crippen LogP) is 2.18. The fourth-order valence-corrected chi connectivity index (χ4v) is 3.05. The molecule has 0 radical (unpaired) electrons. The molecule has 1 atom stereocenters. The van der Waals surface area contributed by atoms with Gasteiger partial charge in [0.2, 0.25) is 0 Å². The Bertz CT molecular complexity index is 471. The summed E-state index contributed by atoms with van der Waals surface area (Å²) in [4.78, 5) is 0. The summed E-state index contributed by atoms with van der Waals surface area (Å²) < 4.78 is 28.1. The lowest BCUT2D eigenvalue weighted by molar-refractivity contribution is 0.395. The number of benzene rings is 1. The highest BCUT2D eigenvalue weighted by atomic mass is 32.2. The van der Waals surface area contributed by atoms with Crippen LogP contribution in [-0.2, 0) is 16.6 Å². The van der Waals surface area contributed by atoms with Crippen molar-refractivity contribution in [2.24, 2.45) is 0 Å². The zero-order chi connectivity index (χ0) is 14.5. The summed E-state index contributed by atoms with van der Waals surface area (Å²) in [5.41, 5.74) is 1.23. The minimum Gasteiger partial charge on any atom is -0.199 e. The lowest BCUT2D eigenvalue weighted by atomic mass is 10.1. The van der Waals surface area contributed by atoms with Crippen LogP contribution in [0.1, 0.15) is 32.8 Å². The first-order valence-corrected chi connectivity index (χ1v) is 8.06. The van der Waals surface area contributed by atoms with Crippen LogP contribution in [0, 0.1) is 0 Å². The van der Waals surface area contributed by atoms with Crippen molar-refractivity contribution >= 4 is 10.2 Å². The Hall–Kier alpha value is -0.910. The summed E-state index contributed by atoms with van der Waals surface area (Å²) in [6.45, 7) is 5.61. The van der Waals surface area contributed by atoms with E-state index in [1.807, 2.05) is 39.0 Å². The van der Waals surface area contributed by atoms with E-state index in [0.29, 0.717) is 0 Å². The largest absolute Gasteiger partial charge is 0.279 e. The molecule has 0 fully saturated rings. The van der Waals surface area contributed by atoms with E-state index in [1.54, 1.807) is 7.05 Å². The second kappa shape index (κ2) is 7.03. The third-order valence-electron chi connectivity index (χ3n) is 3.17. The van der Waals surface area contributed by atoms with Crippen molar-refractivity contribution in [3.05, 3.63) is 35.9 Å². The Labute approximate surface area is 117 Å². The summed E-state index contributed by atoms with van der Waals surface area (Å²) in [5, 5.41) is 0. The highest BCUT2D eigenvalue weighted by Crippen LogP contribution is 2.07. The molecule has 19 heavy (non-hydrogen) atoms. The first-order chi connectivity index (χ1) is 8.83. The van der Waals surface area contributed by atoms with Crippen LogP contribution < -0.4 is 4.72 Å². The topological polar surface area (TPSA) is 49.4 Å². The zero-order valence-corrected chi connectivity index (χ0v) is 12.9. The van der Waals surface area contributed by atoms with Crippen LogP contribution in [0.3, 0.4) is 0 Å². The highest BCUT2D eigenvalue weighted by molar-refractivity contribution is 7.87. The Morgan fingerprint density at radius 1 is 1.16 bits per heavy atom. The maximum atomic E-state index is 12.0. The lowest BCUT2D eigenvalue weighted by Gasteiger charge is -2.23. The van der Waals surface area contributed by atoms with E-state index in [-0.39, 0.29) is 12.1 Å². The molecular formula is C14H24N2O2S. The van der Waals surface area contributed by atoms with E-state index in [2.05, 4.69) is 16.9 Å². The highest BCUT2D eigenvalue weighted by Gasteiger charge is 2.22. The van der Waals surface area contributed by atoms with E-state index in [0.717, 1.165) is 12.8 Å². The van der Waals surface area contributed by atoms with Crippen molar-refractivity contribution in [2.45, 2.75) is 45.7 Å². The Kier molecular flexibility index (Phi) is 5.97. The SMILES string of the molecule is CC(C)N(C)S(=O)(=O)N[C@@H](C)CCc1ccccc1. The van der Waals surface area contributed by atoms with Crippen molar-refractivity contribution in [3.63, 3.8) is 0 Å². The van der Waals surface area contributed by atoms with Crippen LogP contribution >= 0.6 is 0 Å². The number of nitrogens with zero attached hydrogens (tertiary/aromatic N) is 1. The number of aryl methyl sites for hydroxylation is 1. The molecule has 0 saturated carbocycles. The second-order valence-corrected chi connectivity index (χ2v) is 6.92. The first-order valence-electron chi connectivity index (χ1n) is 6.62. The fraction of sp³-hybridized carbons (Fsp3) is 0.571. The molecule has 0 aliphatic heterocycles. The quantitative estimate of drug-likeness (QED) is 0.834. The van der Waals surface area contributed by atoms with Crippen LogP contribution in [0.25, 0.3) is 0 Å². The van der Waals surface area contributed by atoms with Crippen molar-refractivity contribution < 1.29 is 8.42 Å². The maximum Gasteiger partial charge on any atom is 0.279 e. The summed E-state index contributed by atoms with van der Waals surface area (Å²) in [5.74, 6) is 0. The van der Waals surface area contributed by atoms with Crippen LogP contribution in [0.5, 0.6) is 0 Å². The second-order valence-electron chi connectivity index (χ2n) is 5.16. The summed E-state index contributed by atoms with van der Waals surface area (Å²) >= 11 is 0. The minimum absolute atomic E-state index is 0.0428. The van der Waals surface area contributed by atoms with Gasteiger partial charge in [-0.2, -0.15) is 17.4 Å². The third kappa shape index (κ3) is 5.30. The molecule has 0 saturated heterocycles. The van der Waals surface area contributed by atoms with E-state index >= 15 is 0 Å². The number of hydrogen-bond donors (Lipinski definition) is 1. The van der Waals surface area contributed by atoms with Gasteiger partial charge in [0.1, 0.15) is 0 Å². The monoisotopic (exact) mass is 284 g/mol. The third-order valence-corrected chi connectivity index (χ3v) is 5.05.